The van der Waals surface area contributed by atoms with Gasteiger partial charge in [-0.2, -0.15) is 0 Å². The topological polar surface area (TPSA) is 65.5 Å². The SMILES string of the molecule is O=C1CCC(C(=O)N2CCN(c3ccncc3)CC2)CN1. The minimum Gasteiger partial charge on any atom is -0.368 e. The molecular weight excluding hydrogens is 268 g/mol. The lowest BCUT2D eigenvalue weighted by Crippen LogP contribution is -2.52. The Bertz CT molecular complexity index is 502. The maximum atomic E-state index is 12.4. The summed E-state index contributed by atoms with van der Waals surface area (Å²) in [6.07, 6.45) is 4.72. The van der Waals surface area contributed by atoms with E-state index in [2.05, 4.69) is 15.2 Å². The van der Waals surface area contributed by atoms with Crippen LogP contribution >= 0.6 is 0 Å². The Kier molecular flexibility index (Phi) is 4.03. The molecule has 2 aliphatic rings. The summed E-state index contributed by atoms with van der Waals surface area (Å²) in [5, 5.41) is 2.78. The molecule has 2 amide bonds. The predicted octanol–water partition coefficient (Wildman–Crippen LogP) is 0.256. The van der Waals surface area contributed by atoms with Gasteiger partial charge < -0.3 is 15.1 Å². The van der Waals surface area contributed by atoms with Crippen LogP contribution in [0.4, 0.5) is 5.69 Å². The van der Waals surface area contributed by atoms with E-state index < -0.39 is 0 Å². The zero-order chi connectivity index (χ0) is 14.7. The second-order valence-electron chi connectivity index (χ2n) is 5.56. The summed E-state index contributed by atoms with van der Waals surface area (Å²) in [7, 11) is 0. The number of carbonyl (C=O) groups is 2. The van der Waals surface area contributed by atoms with Crippen molar-refractivity contribution in [2.24, 2.45) is 5.92 Å². The van der Waals surface area contributed by atoms with Crippen LogP contribution in [-0.4, -0.2) is 54.4 Å². The van der Waals surface area contributed by atoms with Crippen LogP contribution in [0.5, 0.6) is 0 Å². The average molecular weight is 288 g/mol. The summed E-state index contributed by atoms with van der Waals surface area (Å²) >= 11 is 0. The number of carbonyl (C=O) groups excluding carboxylic acids is 2. The summed E-state index contributed by atoms with van der Waals surface area (Å²) in [5.74, 6) is 0.195. The minimum atomic E-state index is -0.0461. The summed E-state index contributed by atoms with van der Waals surface area (Å²) in [5.41, 5.74) is 1.15. The Morgan fingerprint density at radius 1 is 1.19 bits per heavy atom. The van der Waals surface area contributed by atoms with Crippen molar-refractivity contribution < 1.29 is 9.59 Å². The predicted molar refractivity (Wildman–Crippen MR) is 78.8 cm³/mol. The Morgan fingerprint density at radius 2 is 1.90 bits per heavy atom. The molecule has 0 bridgehead atoms. The monoisotopic (exact) mass is 288 g/mol. The number of aromatic nitrogens is 1. The van der Waals surface area contributed by atoms with Gasteiger partial charge in [0.15, 0.2) is 0 Å². The molecule has 1 atom stereocenters. The van der Waals surface area contributed by atoms with Crippen molar-refractivity contribution in [3.63, 3.8) is 0 Å². The Balaban J connectivity index is 1.53. The highest BCUT2D eigenvalue weighted by atomic mass is 16.2. The van der Waals surface area contributed by atoms with E-state index in [1.807, 2.05) is 17.0 Å². The Morgan fingerprint density at radius 3 is 2.52 bits per heavy atom. The molecule has 0 spiro atoms. The van der Waals surface area contributed by atoms with Crippen LogP contribution in [0.25, 0.3) is 0 Å². The standard InChI is InChI=1S/C15H20N4O2/c20-14-2-1-12(11-17-14)15(21)19-9-7-18(8-10-19)13-3-5-16-6-4-13/h3-6,12H,1-2,7-11H2,(H,17,20). The maximum absolute atomic E-state index is 12.4. The van der Waals surface area contributed by atoms with Gasteiger partial charge in [-0.05, 0) is 18.6 Å². The molecule has 6 heteroatoms. The number of amides is 2. The smallest absolute Gasteiger partial charge is 0.227 e. The van der Waals surface area contributed by atoms with Crippen LogP contribution < -0.4 is 10.2 Å². The molecule has 1 N–H and O–H groups in total. The van der Waals surface area contributed by atoms with Gasteiger partial charge in [0.1, 0.15) is 0 Å². The number of rotatable bonds is 2. The molecule has 6 nitrogen and oxygen atoms in total. The molecule has 0 saturated carbocycles. The third kappa shape index (κ3) is 3.15. The summed E-state index contributed by atoms with van der Waals surface area (Å²) in [6, 6.07) is 3.99. The van der Waals surface area contributed by atoms with Crippen LogP contribution in [0.2, 0.25) is 0 Å². The summed E-state index contributed by atoms with van der Waals surface area (Å²) in [6.45, 7) is 3.66. The molecule has 0 aliphatic carbocycles. The van der Waals surface area contributed by atoms with Gasteiger partial charge >= 0.3 is 0 Å². The van der Waals surface area contributed by atoms with Crippen molar-refractivity contribution >= 4 is 17.5 Å². The number of hydrogen-bond donors (Lipinski definition) is 1. The molecule has 0 radical (unpaired) electrons. The fourth-order valence-electron chi connectivity index (χ4n) is 2.94. The number of nitrogens with one attached hydrogen (secondary N) is 1. The number of piperidine rings is 1. The average Bonchev–Trinajstić information content (AvgIpc) is 2.56. The first-order valence-corrected chi connectivity index (χ1v) is 7.44. The molecular formula is C15H20N4O2. The van der Waals surface area contributed by atoms with E-state index in [-0.39, 0.29) is 17.7 Å². The number of pyridine rings is 1. The lowest BCUT2D eigenvalue weighted by molar-refractivity contribution is -0.137. The van der Waals surface area contributed by atoms with E-state index in [9.17, 15) is 9.59 Å². The number of hydrogen-bond acceptors (Lipinski definition) is 4. The van der Waals surface area contributed by atoms with Crippen molar-refractivity contribution in [3.05, 3.63) is 24.5 Å². The van der Waals surface area contributed by atoms with Gasteiger partial charge in [0, 0.05) is 57.2 Å². The van der Waals surface area contributed by atoms with E-state index in [0.717, 1.165) is 31.9 Å². The van der Waals surface area contributed by atoms with Gasteiger partial charge in [-0.1, -0.05) is 0 Å². The first kappa shape index (κ1) is 13.9. The molecule has 1 aromatic heterocycles. The van der Waals surface area contributed by atoms with E-state index in [4.69, 9.17) is 0 Å². The van der Waals surface area contributed by atoms with E-state index >= 15 is 0 Å². The van der Waals surface area contributed by atoms with Crippen LogP contribution in [0.15, 0.2) is 24.5 Å². The fraction of sp³-hybridized carbons (Fsp3) is 0.533. The second kappa shape index (κ2) is 6.11. The van der Waals surface area contributed by atoms with E-state index in [1.165, 1.54) is 0 Å². The zero-order valence-electron chi connectivity index (χ0n) is 12.0. The molecule has 112 valence electrons. The molecule has 2 saturated heterocycles. The lowest BCUT2D eigenvalue weighted by atomic mass is 9.97. The van der Waals surface area contributed by atoms with E-state index in [0.29, 0.717) is 19.4 Å². The molecule has 21 heavy (non-hydrogen) atoms. The number of piperazine rings is 1. The molecule has 2 aliphatic heterocycles. The molecule has 1 aromatic rings. The van der Waals surface area contributed by atoms with E-state index in [1.54, 1.807) is 12.4 Å². The normalized spacial score (nSPS) is 22.9. The Labute approximate surface area is 124 Å². The van der Waals surface area contributed by atoms with Gasteiger partial charge in [-0.3, -0.25) is 14.6 Å². The van der Waals surface area contributed by atoms with Gasteiger partial charge in [0.2, 0.25) is 11.8 Å². The van der Waals surface area contributed by atoms with Gasteiger partial charge in [-0.15, -0.1) is 0 Å². The van der Waals surface area contributed by atoms with Crippen LogP contribution in [-0.2, 0) is 9.59 Å². The fourth-order valence-corrected chi connectivity index (χ4v) is 2.94. The largest absolute Gasteiger partial charge is 0.368 e. The van der Waals surface area contributed by atoms with Crippen LogP contribution in [0.3, 0.4) is 0 Å². The third-order valence-electron chi connectivity index (χ3n) is 4.23. The lowest BCUT2D eigenvalue weighted by Gasteiger charge is -2.38. The van der Waals surface area contributed by atoms with Gasteiger partial charge in [0.05, 0.1) is 5.92 Å². The maximum Gasteiger partial charge on any atom is 0.227 e. The quantitative estimate of drug-likeness (QED) is 0.847. The van der Waals surface area contributed by atoms with Crippen molar-refractivity contribution in [3.8, 4) is 0 Å². The molecule has 3 rings (SSSR count). The highest BCUT2D eigenvalue weighted by Gasteiger charge is 2.30. The van der Waals surface area contributed by atoms with Crippen molar-refractivity contribution in [2.45, 2.75) is 12.8 Å². The highest BCUT2D eigenvalue weighted by Crippen LogP contribution is 2.18. The third-order valence-corrected chi connectivity index (χ3v) is 4.23. The Hall–Kier alpha value is -2.11. The van der Waals surface area contributed by atoms with Gasteiger partial charge in [0.25, 0.3) is 0 Å². The van der Waals surface area contributed by atoms with Crippen molar-refractivity contribution in [2.75, 3.05) is 37.6 Å². The van der Waals surface area contributed by atoms with Crippen molar-refractivity contribution in [1.29, 1.82) is 0 Å². The molecule has 3 heterocycles. The first-order valence-electron chi connectivity index (χ1n) is 7.44. The first-order chi connectivity index (χ1) is 10.2. The summed E-state index contributed by atoms with van der Waals surface area (Å²) < 4.78 is 0. The molecule has 1 unspecified atom stereocenters. The molecule has 0 aromatic carbocycles. The summed E-state index contributed by atoms with van der Waals surface area (Å²) in [4.78, 5) is 31.8. The van der Waals surface area contributed by atoms with Crippen LogP contribution in [0.1, 0.15) is 12.8 Å². The van der Waals surface area contributed by atoms with Crippen LogP contribution in [0, 0.1) is 5.92 Å². The molecule has 2 fully saturated rings. The highest BCUT2D eigenvalue weighted by molar-refractivity contribution is 5.84. The minimum absolute atomic E-state index is 0.0461. The number of anilines is 1. The number of nitrogens with zero attached hydrogens (tertiary/aromatic N) is 3. The zero-order valence-corrected chi connectivity index (χ0v) is 12.0. The van der Waals surface area contributed by atoms with Crippen molar-refractivity contribution in [1.82, 2.24) is 15.2 Å². The second-order valence-corrected chi connectivity index (χ2v) is 5.56. The van der Waals surface area contributed by atoms with Gasteiger partial charge in [-0.25, -0.2) is 0 Å².